The summed E-state index contributed by atoms with van der Waals surface area (Å²) >= 11 is 6.09. The van der Waals surface area contributed by atoms with Gasteiger partial charge in [0.25, 0.3) is 5.91 Å². The summed E-state index contributed by atoms with van der Waals surface area (Å²) in [4.78, 5) is 39.7. The topological polar surface area (TPSA) is 114 Å². The SMILES string of the molecule is CC(C)[C@H]1COc2ccc(Cl)cc2C(=O)NCCCCN(C(=O)CCCCN)CC(=O)N1. The Balaban J connectivity index is 2.18. The third kappa shape index (κ3) is 8.31. The van der Waals surface area contributed by atoms with Crippen molar-refractivity contribution in [2.24, 2.45) is 11.7 Å². The number of ether oxygens (including phenoxy) is 1. The number of amides is 3. The van der Waals surface area contributed by atoms with Crippen LogP contribution in [0.15, 0.2) is 18.2 Å². The summed E-state index contributed by atoms with van der Waals surface area (Å²) in [6.07, 6.45) is 3.18. The van der Waals surface area contributed by atoms with E-state index in [1.807, 2.05) is 13.8 Å². The second-order valence-electron chi connectivity index (χ2n) is 8.39. The lowest BCUT2D eigenvalue weighted by Crippen LogP contribution is -2.48. The molecule has 4 N–H and O–H groups in total. The van der Waals surface area contributed by atoms with Crippen molar-refractivity contribution >= 4 is 29.3 Å². The first-order chi connectivity index (χ1) is 15.3. The van der Waals surface area contributed by atoms with E-state index in [9.17, 15) is 14.4 Å². The first-order valence-corrected chi connectivity index (χ1v) is 11.7. The number of hydrogen-bond acceptors (Lipinski definition) is 5. The molecule has 0 unspecified atom stereocenters. The van der Waals surface area contributed by atoms with Gasteiger partial charge < -0.3 is 26.0 Å². The Morgan fingerprint density at radius 2 is 2.06 bits per heavy atom. The molecule has 0 aromatic heterocycles. The zero-order valence-electron chi connectivity index (χ0n) is 19.0. The predicted molar refractivity (Wildman–Crippen MR) is 125 cm³/mol. The van der Waals surface area contributed by atoms with E-state index < -0.39 is 0 Å². The van der Waals surface area contributed by atoms with Gasteiger partial charge in [-0.25, -0.2) is 0 Å². The van der Waals surface area contributed by atoms with E-state index in [0.29, 0.717) is 61.7 Å². The van der Waals surface area contributed by atoms with Crippen molar-refractivity contribution in [3.05, 3.63) is 28.8 Å². The maximum atomic E-state index is 12.8. The van der Waals surface area contributed by atoms with Crippen LogP contribution in [0.3, 0.4) is 0 Å². The van der Waals surface area contributed by atoms with E-state index in [2.05, 4.69) is 10.6 Å². The summed E-state index contributed by atoms with van der Waals surface area (Å²) in [7, 11) is 0. The monoisotopic (exact) mass is 466 g/mol. The maximum Gasteiger partial charge on any atom is 0.255 e. The van der Waals surface area contributed by atoms with Crippen molar-refractivity contribution in [2.45, 2.75) is 52.0 Å². The van der Waals surface area contributed by atoms with Crippen LogP contribution in [-0.2, 0) is 9.59 Å². The van der Waals surface area contributed by atoms with Crippen LogP contribution in [0, 0.1) is 5.92 Å². The van der Waals surface area contributed by atoms with Crippen LogP contribution in [0.2, 0.25) is 5.02 Å². The minimum absolute atomic E-state index is 0.00321. The maximum absolute atomic E-state index is 12.8. The Kier molecular flexibility index (Phi) is 10.8. The van der Waals surface area contributed by atoms with Crippen molar-refractivity contribution in [3.8, 4) is 5.75 Å². The van der Waals surface area contributed by atoms with E-state index >= 15 is 0 Å². The molecule has 2 rings (SSSR count). The molecule has 1 aromatic rings. The first kappa shape index (κ1) is 25.9. The Hall–Kier alpha value is -2.32. The fourth-order valence-electron chi connectivity index (χ4n) is 3.41. The van der Waals surface area contributed by atoms with Crippen molar-refractivity contribution < 1.29 is 19.1 Å². The van der Waals surface area contributed by atoms with Gasteiger partial charge in [0.15, 0.2) is 0 Å². The van der Waals surface area contributed by atoms with Crippen LogP contribution >= 0.6 is 11.6 Å². The fraction of sp³-hybridized carbons (Fsp3) is 0.609. The van der Waals surface area contributed by atoms with Gasteiger partial charge in [0.1, 0.15) is 12.4 Å². The number of fused-ring (bicyclic) bond motifs is 1. The molecule has 1 aliphatic rings. The number of nitrogens with zero attached hydrogens (tertiary/aromatic N) is 1. The summed E-state index contributed by atoms with van der Waals surface area (Å²) in [5.74, 6) is -0.0373. The number of hydrogen-bond donors (Lipinski definition) is 3. The summed E-state index contributed by atoms with van der Waals surface area (Å²) < 4.78 is 5.92. The van der Waals surface area contributed by atoms with Crippen LogP contribution < -0.4 is 21.1 Å². The Bertz CT molecular complexity index is 787. The molecule has 32 heavy (non-hydrogen) atoms. The smallest absolute Gasteiger partial charge is 0.255 e. The number of carbonyl (C=O) groups is 3. The van der Waals surface area contributed by atoms with E-state index in [0.717, 1.165) is 6.42 Å². The van der Waals surface area contributed by atoms with Gasteiger partial charge in [-0.3, -0.25) is 14.4 Å². The van der Waals surface area contributed by atoms with Crippen molar-refractivity contribution in [3.63, 3.8) is 0 Å². The third-order valence-corrected chi connectivity index (χ3v) is 5.66. The largest absolute Gasteiger partial charge is 0.491 e. The molecule has 1 heterocycles. The van der Waals surface area contributed by atoms with Crippen LogP contribution in [0.1, 0.15) is 56.3 Å². The molecule has 1 aliphatic heterocycles. The molecule has 9 heteroatoms. The number of nitrogens with two attached hydrogens (primary N) is 1. The number of carbonyl (C=O) groups excluding carboxylic acids is 3. The number of nitrogens with one attached hydrogen (secondary N) is 2. The fourth-order valence-corrected chi connectivity index (χ4v) is 3.58. The molecule has 0 saturated carbocycles. The average Bonchev–Trinajstić information content (AvgIpc) is 2.75. The summed E-state index contributed by atoms with van der Waals surface area (Å²) in [5.41, 5.74) is 5.88. The molecule has 0 aliphatic carbocycles. The molecule has 3 amide bonds. The highest BCUT2D eigenvalue weighted by atomic mass is 35.5. The van der Waals surface area contributed by atoms with Crippen LogP contribution in [0.4, 0.5) is 0 Å². The lowest BCUT2D eigenvalue weighted by molar-refractivity contribution is -0.136. The number of halogens is 1. The molecule has 0 radical (unpaired) electrons. The second kappa shape index (κ2) is 13.3. The summed E-state index contributed by atoms with van der Waals surface area (Å²) in [6.45, 7) is 5.59. The van der Waals surface area contributed by atoms with E-state index in [4.69, 9.17) is 22.1 Å². The summed E-state index contributed by atoms with van der Waals surface area (Å²) in [6, 6.07) is 4.62. The summed E-state index contributed by atoms with van der Waals surface area (Å²) in [5, 5.41) is 6.32. The average molecular weight is 467 g/mol. The van der Waals surface area contributed by atoms with Gasteiger partial charge in [0.2, 0.25) is 11.8 Å². The van der Waals surface area contributed by atoms with Gasteiger partial charge in [0.05, 0.1) is 18.2 Å². The van der Waals surface area contributed by atoms with Gasteiger partial charge in [-0.15, -0.1) is 0 Å². The van der Waals surface area contributed by atoms with Crippen molar-refractivity contribution in [1.82, 2.24) is 15.5 Å². The van der Waals surface area contributed by atoms with Crippen molar-refractivity contribution in [2.75, 3.05) is 32.8 Å². The van der Waals surface area contributed by atoms with Gasteiger partial charge in [0, 0.05) is 24.5 Å². The third-order valence-electron chi connectivity index (χ3n) is 5.43. The standard InChI is InChI=1S/C23H35ClN4O4/c1-16(2)19-15-32-20-9-8-17(24)13-18(20)23(31)26-11-5-6-12-28(14-21(29)27-19)22(30)7-3-4-10-25/h8-9,13,16,19H,3-7,10-12,14-15,25H2,1-2H3,(H,26,31)(H,27,29)/t19-/m1/s1. The van der Waals surface area contributed by atoms with E-state index in [1.165, 1.54) is 0 Å². The van der Waals surface area contributed by atoms with Gasteiger partial charge in [-0.2, -0.15) is 0 Å². The molecule has 0 fully saturated rings. The zero-order valence-corrected chi connectivity index (χ0v) is 19.7. The Labute approximate surface area is 195 Å². The molecule has 1 aromatic carbocycles. The Morgan fingerprint density at radius 1 is 1.28 bits per heavy atom. The number of rotatable bonds is 5. The first-order valence-electron chi connectivity index (χ1n) is 11.3. The predicted octanol–water partition coefficient (Wildman–Crippen LogP) is 2.34. The Morgan fingerprint density at radius 3 is 2.78 bits per heavy atom. The quantitative estimate of drug-likeness (QED) is 0.576. The van der Waals surface area contributed by atoms with Gasteiger partial charge in [-0.1, -0.05) is 25.4 Å². The highest BCUT2D eigenvalue weighted by molar-refractivity contribution is 6.31. The molecular formula is C23H35ClN4O4. The highest BCUT2D eigenvalue weighted by Crippen LogP contribution is 2.23. The molecule has 0 saturated heterocycles. The number of unbranched alkanes of at least 4 members (excludes halogenated alkanes) is 1. The lowest BCUT2D eigenvalue weighted by Gasteiger charge is -2.26. The molecule has 0 spiro atoms. The highest BCUT2D eigenvalue weighted by Gasteiger charge is 2.23. The van der Waals surface area contributed by atoms with Crippen LogP contribution in [0.25, 0.3) is 0 Å². The molecule has 8 nitrogen and oxygen atoms in total. The van der Waals surface area contributed by atoms with Crippen molar-refractivity contribution in [1.29, 1.82) is 0 Å². The van der Waals surface area contributed by atoms with Crippen LogP contribution in [0.5, 0.6) is 5.75 Å². The normalized spacial score (nSPS) is 18.7. The van der Waals surface area contributed by atoms with Gasteiger partial charge >= 0.3 is 0 Å². The van der Waals surface area contributed by atoms with Gasteiger partial charge in [-0.05, 0) is 56.3 Å². The van der Waals surface area contributed by atoms with E-state index in [1.54, 1.807) is 23.1 Å². The number of benzene rings is 1. The zero-order chi connectivity index (χ0) is 23.5. The molecule has 0 bridgehead atoms. The minimum Gasteiger partial charge on any atom is -0.491 e. The van der Waals surface area contributed by atoms with Crippen LogP contribution in [-0.4, -0.2) is 61.4 Å². The lowest BCUT2D eigenvalue weighted by atomic mass is 10.1. The second-order valence-corrected chi connectivity index (χ2v) is 8.83. The van der Waals surface area contributed by atoms with E-state index in [-0.39, 0.29) is 42.8 Å². The molecular weight excluding hydrogens is 432 g/mol. The molecule has 178 valence electrons. The molecule has 1 atom stereocenters. The minimum atomic E-state index is -0.284.